The molecule has 0 saturated carbocycles. The summed E-state index contributed by atoms with van der Waals surface area (Å²) in [7, 11) is 1.30. The van der Waals surface area contributed by atoms with E-state index in [2.05, 4.69) is 5.32 Å². The Morgan fingerprint density at radius 3 is 2.45 bits per heavy atom. The first kappa shape index (κ1) is 22.5. The highest BCUT2D eigenvalue weighted by molar-refractivity contribution is 6.00. The van der Waals surface area contributed by atoms with Gasteiger partial charge in [0.2, 0.25) is 5.91 Å². The van der Waals surface area contributed by atoms with Gasteiger partial charge in [0.05, 0.1) is 18.8 Å². The number of carbonyl (C=O) groups is 3. The molecule has 0 spiro atoms. The highest BCUT2D eigenvalue weighted by Crippen LogP contribution is 2.19. The van der Waals surface area contributed by atoms with E-state index in [-0.39, 0.29) is 24.5 Å². The smallest absolute Gasteiger partial charge is 0.337 e. The molecular weight excluding hydrogens is 396 g/mol. The second kappa shape index (κ2) is 10.2. The maximum atomic E-state index is 13.2. The fourth-order valence-corrected chi connectivity index (χ4v) is 3.55. The Bertz CT molecular complexity index is 949. The van der Waals surface area contributed by atoms with Crippen molar-refractivity contribution in [2.75, 3.05) is 32.1 Å². The number of aryl methyl sites for hydroxylation is 1. The van der Waals surface area contributed by atoms with E-state index in [1.165, 1.54) is 12.0 Å². The zero-order chi connectivity index (χ0) is 22.4. The summed E-state index contributed by atoms with van der Waals surface area (Å²) in [4.78, 5) is 39.1. The molecule has 3 rings (SSSR count). The van der Waals surface area contributed by atoms with Crippen LogP contribution in [-0.2, 0) is 14.3 Å². The summed E-state index contributed by atoms with van der Waals surface area (Å²) in [6, 6.07) is 11.9. The lowest BCUT2D eigenvalue weighted by molar-refractivity contribution is -0.117. The molecule has 1 heterocycles. The topological polar surface area (TPSA) is 84.9 Å². The van der Waals surface area contributed by atoms with Crippen LogP contribution in [0.25, 0.3) is 0 Å². The average Bonchev–Trinajstić information content (AvgIpc) is 3.28. The fourth-order valence-electron chi connectivity index (χ4n) is 3.55. The van der Waals surface area contributed by atoms with E-state index in [4.69, 9.17) is 9.47 Å². The number of benzene rings is 2. The molecule has 164 valence electrons. The van der Waals surface area contributed by atoms with Crippen LogP contribution in [0.4, 0.5) is 5.69 Å². The van der Waals surface area contributed by atoms with Crippen molar-refractivity contribution >= 4 is 23.5 Å². The van der Waals surface area contributed by atoms with Crippen LogP contribution in [0.1, 0.15) is 44.7 Å². The Hall–Kier alpha value is -3.19. The molecule has 1 saturated heterocycles. The largest absolute Gasteiger partial charge is 0.465 e. The van der Waals surface area contributed by atoms with Crippen molar-refractivity contribution in [2.24, 2.45) is 0 Å². The lowest BCUT2D eigenvalue weighted by atomic mass is 10.1. The molecule has 1 N–H and O–H groups in total. The number of nitrogens with one attached hydrogen (secondary N) is 1. The first-order valence-electron chi connectivity index (χ1n) is 10.3. The van der Waals surface area contributed by atoms with E-state index in [0.29, 0.717) is 24.3 Å². The molecule has 0 bridgehead atoms. The maximum Gasteiger partial charge on any atom is 0.337 e. The van der Waals surface area contributed by atoms with E-state index in [9.17, 15) is 14.4 Å². The molecular formula is C24H28N2O5. The van der Waals surface area contributed by atoms with Gasteiger partial charge in [0.25, 0.3) is 5.91 Å². The van der Waals surface area contributed by atoms with Crippen LogP contribution in [0.5, 0.6) is 0 Å². The van der Waals surface area contributed by atoms with Crippen molar-refractivity contribution < 1.29 is 23.9 Å². The lowest BCUT2D eigenvalue weighted by Crippen LogP contribution is -2.42. The molecule has 2 amide bonds. The Balaban J connectivity index is 1.75. The van der Waals surface area contributed by atoms with Crippen LogP contribution >= 0.6 is 0 Å². The molecule has 1 aliphatic heterocycles. The lowest BCUT2D eigenvalue weighted by Gasteiger charge is -2.25. The number of amides is 2. The summed E-state index contributed by atoms with van der Waals surface area (Å²) >= 11 is 0. The number of anilines is 1. The minimum Gasteiger partial charge on any atom is -0.465 e. The molecule has 7 heteroatoms. The Morgan fingerprint density at radius 1 is 1.10 bits per heavy atom. The minimum atomic E-state index is -0.469. The summed E-state index contributed by atoms with van der Waals surface area (Å²) in [5.74, 6) is -1.03. The molecule has 31 heavy (non-hydrogen) atoms. The van der Waals surface area contributed by atoms with Gasteiger partial charge in [0.1, 0.15) is 6.54 Å². The number of hydrogen-bond donors (Lipinski definition) is 1. The molecule has 7 nitrogen and oxygen atoms in total. The SMILES string of the molecule is COC(=O)c1ccc(C(=O)N(CC(=O)Nc2cccc(C)c2C)CC2CCCO2)cc1. The standard InChI is InChI=1S/C24H28N2O5/c1-16-6-4-8-21(17(16)2)25-22(27)15-26(14-20-7-5-13-31-20)23(28)18-9-11-19(12-10-18)24(29)30-3/h4,6,8-12,20H,5,7,13-15H2,1-3H3,(H,25,27). The first-order valence-corrected chi connectivity index (χ1v) is 10.3. The van der Waals surface area contributed by atoms with Gasteiger partial charge >= 0.3 is 5.97 Å². The highest BCUT2D eigenvalue weighted by atomic mass is 16.5. The summed E-state index contributed by atoms with van der Waals surface area (Å²) in [5.41, 5.74) is 3.56. The number of nitrogens with zero attached hydrogens (tertiary/aromatic N) is 1. The van der Waals surface area contributed by atoms with Gasteiger partial charge < -0.3 is 19.7 Å². The highest BCUT2D eigenvalue weighted by Gasteiger charge is 2.25. The zero-order valence-corrected chi connectivity index (χ0v) is 18.1. The number of methoxy groups -OCH3 is 1. The molecule has 0 aliphatic carbocycles. The Labute approximate surface area is 182 Å². The van der Waals surface area contributed by atoms with Crippen molar-refractivity contribution in [1.29, 1.82) is 0 Å². The van der Waals surface area contributed by atoms with Crippen molar-refractivity contribution in [1.82, 2.24) is 4.90 Å². The molecule has 1 aliphatic rings. The molecule has 2 aromatic carbocycles. The van der Waals surface area contributed by atoms with Gasteiger partial charge in [-0.3, -0.25) is 9.59 Å². The number of carbonyl (C=O) groups excluding carboxylic acids is 3. The van der Waals surface area contributed by atoms with E-state index in [1.807, 2.05) is 32.0 Å². The Morgan fingerprint density at radius 2 is 1.81 bits per heavy atom. The van der Waals surface area contributed by atoms with Crippen molar-refractivity contribution in [3.8, 4) is 0 Å². The first-order chi connectivity index (χ1) is 14.9. The molecule has 1 atom stereocenters. The van der Waals surface area contributed by atoms with Crippen LogP contribution in [0, 0.1) is 13.8 Å². The third-order valence-electron chi connectivity index (χ3n) is 5.50. The zero-order valence-electron chi connectivity index (χ0n) is 18.1. The molecule has 0 aromatic heterocycles. The van der Waals surface area contributed by atoms with Gasteiger partial charge in [-0.2, -0.15) is 0 Å². The summed E-state index contributed by atoms with van der Waals surface area (Å²) in [5, 5.41) is 2.91. The monoisotopic (exact) mass is 424 g/mol. The number of rotatable bonds is 7. The quantitative estimate of drug-likeness (QED) is 0.689. The van der Waals surface area contributed by atoms with E-state index >= 15 is 0 Å². The van der Waals surface area contributed by atoms with Gasteiger partial charge in [-0.1, -0.05) is 12.1 Å². The van der Waals surface area contributed by atoms with Crippen LogP contribution in [0.3, 0.4) is 0 Å². The normalized spacial score (nSPS) is 15.4. The maximum absolute atomic E-state index is 13.2. The minimum absolute atomic E-state index is 0.0909. The van der Waals surface area contributed by atoms with Crippen LogP contribution in [0.15, 0.2) is 42.5 Å². The predicted molar refractivity (Wildman–Crippen MR) is 117 cm³/mol. The summed E-state index contributed by atoms with van der Waals surface area (Å²) in [6.45, 7) is 4.83. The number of ether oxygens (including phenoxy) is 2. The third-order valence-corrected chi connectivity index (χ3v) is 5.50. The molecule has 0 radical (unpaired) electrons. The van der Waals surface area contributed by atoms with Crippen molar-refractivity contribution in [3.05, 3.63) is 64.7 Å². The van der Waals surface area contributed by atoms with Crippen LogP contribution in [-0.4, -0.2) is 55.6 Å². The number of hydrogen-bond acceptors (Lipinski definition) is 5. The van der Waals surface area contributed by atoms with E-state index in [0.717, 1.165) is 29.7 Å². The summed E-state index contributed by atoms with van der Waals surface area (Å²) < 4.78 is 10.4. The van der Waals surface area contributed by atoms with Gasteiger partial charge in [-0.25, -0.2) is 4.79 Å². The molecule has 2 aromatic rings. The molecule has 1 unspecified atom stereocenters. The average molecular weight is 424 g/mol. The number of esters is 1. The predicted octanol–water partition coefficient (Wildman–Crippen LogP) is 3.35. The van der Waals surface area contributed by atoms with Crippen molar-refractivity contribution in [3.63, 3.8) is 0 Å². The van der Waals surface area contributed by atoms with Gasteiger partial charge in [-0.15, -0.1) is 0 Å². The Kier molecular flexibility index (Phi) is 7.41. The van der Waals surface area contributed by atoms with E-state index in [1.54, 1.807) is 24.3 Å². The molecule has 1 fully saturated rings. The van der Waals surface area contributed by atoms with Gasteiger partial charge in [0, 0.05) is 24.4 Å². The van der Waals surface area contributed by atoms with E-state index < -0.39 is 5.97 Å². The fraction of sp³-hybridized carbons (Fsp3) is 0.375. The second-order valence-corrected chi connectivity index (χ2v) is 7.69. The van der Waals surface area contributed by atoms with Crippen molar-refractivity contribution in [2.45, 2.75) is 32.8 Å². The van der Waals surface area contributed by atoms with Crippen LogP contribution in [0.2, 0.25) is 0 Å². The summed E-state index contributed by atoms with van der Waals surface area (Å²) in [6.07, 6.45) is 1.70. The van der Waals surface area contributed by atoms with Crippen LogP contribution < -0.4 is 5.32 Å². The third kappa shape index (κ3) is 5.70. The van der Waals surface area contributed by atoms with Gasteiger partial charge in [0.15, 0.2) is 0 Å². The van der Waals surface area contributed by atoms with Gasteiger partial charge in [-0.05, 0) is 68.1 Å². The second-order valence-electron chi connectivity index (χ2n) is 7.69.